The molecule has 1 atom stereocenters. The number of hydrogen-bond acceptors (Lipinski definition) is 4. The van der Waals surface area contributed by atoms with Crippen LogP contribution < -0.4 is 14.8 Å². The fourth-order valence-electron chi connectivity index (χ4n) is 4.01. The first-order valence-corrected chi connectivity index (χ1v) is 9.91. The monoisotopic (exact) mass is 403 g/mol. The van der Waals surface area contributed by atoms with Crippen molar-refractivity contribution >= 4 is 27.6 Å². The SMILES string of the molecule is COc1cc(C)c(C(C)NC(=O)Cc2coc3ccc4ccccc4c23)cc1OC. The maximum atomic E-state index is 12.9. The van der Waals surface area contributed by atoms with Crippen molar-refractivity contribution in [3.63, 3.8) is 0 Å². The van der Waals surface area contributed by atoms with E-state index in [1.165, 1.54) is 0 Å². The van der Waals surface area contributed by atoms with Gasteiger partial charge in [0.1, 0.15) is 5.58 Å². The van der Waals surface area contributed by atoms with Crippen LogP contribution in [-0.2, 0) is 11.2 Å². The van der Waals surface area contributed by atoms with Crippen LogP contribution in [0.5, 0.6) is 11.5 Å². The lowest BCUT2D eigenvalue weighted by atomic mass is 10.00. The molecule has 5 nitrogen and oxygen atoms in total. The van der Waals surface area contributed by atoms with Gasteiger partial charge < -0.3 is 19.2 Å². The number of rotatable bonds is 6. The molecule has 0 aliphatic rings. The fraction of sp³-hybridized carbons (Fsp3) is 0.240. The molecular formula is C25H25NO4. The molecule has 1 aromatic heterocycles. The lowest BCUT2D eigenvalue weighted by Crippen LogP contribution is -2.28. The molecule has 0 aliphatic heterocycles. The molecular weight excluding hydrogens is 378 g/mol. The molecule has 0 saturated carbocycles. The van der Waals surface area contributed by atoms with Crippen molar-refractivity contribution in [1.29, 1.82) is 0 Å². The average Bonchev–Trinajstić information content (AvgIpc) is 3.16. The molecule has 0 aliphatic carbocycles. The third-order valence-electron chi connectivity index (χ3n) is 5.51. The Morgan fingerprint density at radius 2 is 1.80 bits per heavy atom. The molecule has 30 heavy (non-hydrogen) atoms. The van der Waals surface area contributed by atoms with E-state index in [2.05, 4.69) is 17.4 Å². The first kappa shape index (κ1) is 19.8. The zero-order valence-electron chi connectivity index (χ0n) is 17.6. The van der Waals surface area contributed by atoms with E-state index >= 15 is 0 Å². The molecule has 0 bridgehead atoms. The Labute approximate surface area is 175 Å². The van der Waals surface area contributed by atoms with Crippen LogP contribution in [0.3, 0.4) is 0 Å². The molecule has 1 amide bonds. The van der Waals surface area contributed by atoms with E-state index in [1.807, 2.05) is 50.2 Å². The van der Waals surface area contributed by atoms with Crippen LogP contribution in [0.2, 0.25) is 0 Å². The van der Waals surface area contributed by atoms with E-state index < -0.39 is 0 Å². The van der Waals surface area contributed by atoms with Crippen molar-refractivity contribution in [3.05, 3.63) is 71.5 Å². The lowest BCUT2D eigenvalue weighted by Gasteiger charge is -2.19. The van der Waals surface area contributed by atoms with Gasteiger partial charge in [-0.1, -0.05) is 30.3 Å². The van der Waals surface area contributed by atoms with E-state index in [0.717, 1.165) is 38.4 Å². The average molecular weight is 403 g/mol. The lowest BCUT2D eigenvalue weighted by molar-refractivity contribution is -0.121. The molecule has 0 saturated heterocycles. The number of aryl methyl sites for hydroxylation is 1. The van der Waals surface area contributed by atoms with Crippen LogP contribution >= 0.6 is 0 Å². The Balaban J connectivity index is 1.58. The molecule has 154 valence electrons. The number of nitrogens with one attached hydrogen (secondary N) is 1. The first-order chi connectivity index (χ1) is 14.5. The number of methoxy groups -OCH3 is 2. The summed E-state index contributed by atoms with van der Waals surface area (Å²) in [5.41, 5.74) is 3.69. The van der Waals surface area contributed by atoms with Crippen molar-refractivity contribution in [2.24, 2.45) is 0 Å². The Bertz CT molecular complexity index is 1220. The van der Waals surface area contributed by atoms with Crippen molar-refractivity contribution < 1.29 is 18.7 Å². The minimum Gasteiger partial charge on any atom is -0.493 e. The van der Waals surface area contributed by atoms with Gasteiger partial charge in [0.2, 0.25) is 5.91 Å². The Hall–Kier alpha value is -3.47. The number of ether oxygens (including phenoxy) is 2. The number of carbonyl (C=O) groups excluding carboxylic acids is 1. The number of carbonyl (C=O) groups is 1. The number of benzene rings is 3. The van der Waals surface area contributed by atoms with Crippen molar-refractivity contribution in [1.82, 2.24) is 5.32 Å². The van der Waals surface area contributed by atoms with Gasteiger partial charge in [0.05, 0.1) is 32.9 Å². The molecule has 1 N–H and O–H groups in total. The van der Waals surface area contributed by atoms with Crippen LogP contribution in [0, 0.1) is 6.92 Å². The highest BCUT2D eigenvalue weighted by Gasteiger charge is 2.18. The third-order valence-corrected chi connectivity index (χ3v) is 5.51. The van der Waals surface area contributed by atoms with Gasteiger partial charge in [0, 0.05) is 10.9 Å². The van der Waals surface area contributed by atoms with Crippen LogP contribution in [0.25, 0.3) is 21.7 Å². The topological polar surface area (TPSA) is 60.7 Å². The van der Waals surface area contributed by atoms with Crippen molar-refractivity contribution in [2.75, 3.05) is 14.2 Å². The van der Waals surface area contributed by atoms with Gasteiger partial charge in [-0.05, 0) is 53.9 Å². The van der Waals surface area contributed by atoms with Gasteiger partial charge in [-0.3, -0.25) is 4.79 Å². The van der Waals surface area contributed by atoms with Crippen LogP contribution in [-0.4, -0.2) is 20.1 Å². The molecule has 5 heteroatoms. The molecule has 0 fully saturated rings. The number of hydrogen-bond donors (Lipinski definition) is 1. The summed E-state index contributed by atoms with van der Waals surface area (Å²) in [7, 11) is 3.22. The summed E-state index contributed by atoms with van der Waals surface area (Å²) in [4.78, 5) is 12.9. The molecule has 4 aromatic rings. The molecule has 1 unspecified atom stereocenters. The highest BCUT2D eigenvalue weighted by Crippen LogP contribution is 2.33. The largest absolute Gasteiger partial charge is 0.493 e. The van der Waals surface area contributed by atoms with Gasteiger partial charge in [0.25, 0.3) is 0 Å². The predicted molar refractivity (Wildman–Crippen MR) is 118 cm³/mol. The number of fused-ring (bicyclic) bond motifs is 3. The van der Waals surface area contributed by atoms with Crippen molar-refractivity contribution in [3.8, 4) is 11.5 Å². The quantitative estimate of drug-likeness (QED) is 0.473. The van der Waals surface area contributed by atoms with E-state index in [9.17, 15) is 4.79 Å². The third kappa shape index (κ3) is 3.59. The van der Waals surface area contributed by atoms with Gasteiger partial charge in [-0.15, -0.1) is 0 Å². The Morgan fingerprint density at radius 1 is 1.07 bits per heavy atom. The van der Waals surface area contributed by atoms with E-state index in [4.69, 9.17) is 13.9 Å². The zero-order chi connectivity index (χ0) is 21.3. The minimum atomic E-state index is -0.174. The van der Waals surface area contributed by atoms with Gasteiger partial charge in [-0.2, -0.15) is 0 Å². The minimum absolute atomic E-state index is 0.0627. The highest BCUT2D eigenvalue weighted by atomic mass is 16.5. The second-order valence-electron chi connectivity index (χ2n) is 7.45. The predicted octanol–water partition coefficient (Wildman–Crippen LogP) is 5.33. The van der Waals surface area contributed by atoms with Crippen LogP contribution in [0.15, 0.2) is 59.2 Å². The maximum Gasteiger partial charge on any atom is 0.225 e. The summed E-state index contributed by atoms with van der Waals surface area (Å²) in [6, 6.07) is 15.8. The van der Waals surface area contributed by atoms with E-state index in [-0.39, 0.29) is 18.4 Å². The van der Waals surface area contributed by atoms with E-state index in [1.54, 1.807) is 20.5 Å². The van der Waals surface area contributed by atoms with Crippen LogP contribution in [0.4, 0.5) is 0 Å². The van der Waals surface area contributed by atoms with E-state index in [0.29, 0.717) is 11.5 Å². The summed E-state index contributed by atoms with van der Waals surface area (Å²) in [5, 5.41) is 6.32. The second-order valence-corrected chi connectivity index (χ2v) is 7.45. The summed E-state index contributed by atoms with van der Waals surface area (Å²) < 4.78 is 16.5. The molecule has 3 aromatic carbocycles. The fourth-order valence-corrected chi connectivity index (χ4v) is 4.01. The maximum absolute atomic E-state index is 12.9. The number of furan rings is 1. The zero-order valence-corrected chi connectivity index (χ0v) is 17.6. The normalized spacial score (nSPS) is 12.1. The standard InChI is InChI=1S/C25H25NO4/c1-15-11-22(28-3)23(29-4)13-20(15)16(2)26-24(27)12-18-14-30-21-10-9-17-7-5-6-8-19(17)25(18)21/h5-11,13-14,16H,12H2,1-4H3,(H,26,27). The summed E-state index contributed by atoms with van der Waals surface area (Å²) in [6.45, 7) is 3.96. The number of amides is 1. The molecule has 1 heterocycles. The van der Waals surface area contributed by atoms with Crippen LogP contribution in [0.1, 0.15) is 29.7 Å². The van der Waals surface area contributed by atoms with Gasteiger partial charge >= 0.3 is 0 Å². The van der Waals surface area contributed by atoms with Gasteiger partial charge in [-0.25, -0.2) is 0 Å². The Kier molecular flexibility index (Phi) is 5.36. The van der Waals surface area contributed by atoms with Gasteiger partial charge in [0.15, 0.2) is 11.5 Å². The molecule has 4 rings (SSSR count). The molecule has 0 spiro atoms. The second kappa shape index (κ2) is 8.11. The summed E-state index contributed by atoms with van der Waals surface area (Å²) in [6.07, 6.45) is 1.93. The summed E-state index contributed by atoms with van der Waals surface area (Å²) >= 11 is 0. The Morgan fingerprint density at radius 3 is 2.57 bits per heavy atom. The smallest absolute Gasteiger partial charge is 0.225 e. The molecule has 0 radical (unpaired) electrons. The highest BCUT2D eigenvalue weighted by molar-refractivity contribution is 6.08. The summed E-state index contributed by atoms with van der Waals surface area (Å²) in [5.74, 6) is 1.26. The first-order valence-electron chi connectivity index (χ1n) is 9.91. The van der Waals surface area contributed by atoms with Crippen molar-refractivity contribution in [2.45, 2.75) is 26.3 Å².